The molecule has 1 saturated heterocycles. The van der Waals surface area contributed by atoms with Crippen LogP contribution in [0, 0.1) is 5.92 Å². The number of thiophene rings is 1. The minimum Gasteiger partial charge on any atom is -0.338 e. The first-order valence-electron chi connectivity index (χ1n) is 8.32. The number of nitrogens with one attached hydrogen (secondary N) is 1. The summed E-state index contributed by atoms with van der Waals surface area (Å²) in [6.45, 7) is 2.43. The number of ketones is 1. The molecule has 3 rings (SSSR count). The van der Waals surface area contributed by atoms with Crippen molar-refractivity contribution in [2.45, 2.75) is 12.8 Å². The van der Waals surface area contributed by atoms with Gasteiger partial charge in [-0.05, 0) is 49.9 Å². The van der Waals surface area contributed by atoms with Crippen LogP contribution >= 0.6 is 11.3 Å². The van der Waals surface area contributed by atoms with Crippen LogP contribution in [0.1, 0.15) is 38.4 Å². The Morgan fingerprint density at radius 3 is 2.71 bits per heavy atom. The highest BCUT2D eigenvalue weighted by molar-refractivity contribution is 7.12. The van der Waals surface area contributed by atoms with Crippen molar-refractivity contribution >= 4 is 23.0 Å². The lowest BCUT2D eigenvalue weighted by Gasteiger charge is -2.33. The molecule has 1 aromatic heterocycles. The predicted octanol–water partition coefficient (Wildman–Crippen LogP) is 3.05. The highest BCUT2D eigenvalue weighted by Gasteiger charge is 2.27. The van der Waals surface area contributed by atoms with E-state index in [-0.39, 0.29) is 11.7 Å². The summed E-state index contributed by atoms with van der Waals surface area (Å²) < 4.78 is 0. The number of rotatable bonds is 5. The third kappa shape index (κ3) is 3.57. The number of carbonyl (C=O) groups excluding carboxylic acids is 2. The van der Waals surface area contributed by atoms with Crippen LogP contribution in [0.25, 0.3) is 0 Å². The fraction of sp³-hybridized carbons (Fsp3) is 0.368. The number of likely N-dealkylation sites (tertiary alicyclic amines) is 1. The Hall–Kier alpha value is -1.98. The van der Waals surface area contributed by atoms with Gasteiger partial charge in [0.05, 0.1) is 10.4 Å². The summed E-state index contributed by atoms with van der Waals surface area (Å²) in [6, 6.07) is 10.8. The SMILES string of the molecule is CNCC1CCCN(C(=O)c2ccccc2C(=O)c2cccs2)C1. The number of benzene rings is 1. The quantitative estimate of drug-likeness (QED) is 0.850. The standard InChI is InChI=1S/C19H22N2O2S/c1-20-12-14-6-4-10-21(13-14)19(23)16-8-3-2-7-15(16)18(22)17-9-5-11-24-17/h2-3,5,7-9,11,14,20H,4,6,10,12-13H2,1H3. The summed E-state index contributed by atoms with van der Waals surface area (Å²) in [6.07, 6.45) is 2.15. The van der Waals surface area contributed by atoms with Gasteiger partial charge >= 0.3 is 0 Å². The zero-order valence-electron chi connectivity index (χ0n) is 13.8. The molecule has 126 valence electrons. The number of hydrogen-bond donors (Lipinski definition) is 1. The van der Waals surface area contributed by atoms with Gasteiger partial charge in [0.25, 0.3) is 5.91 Å². The van der Waals surface area contributed by atoms with Gasteiger partial charge in [0.2, 0.25) is 5.78 Å². The van der Waals surface area contributed by atoms with Crippen molar-refractivity contribution in [3.8, 4) is 0 Å². The lowest BCUT2D eigenvalue weighted by atomic mass is 9.96. The Balaban J connectivity index is 1.84. The zero-order valence-corrected chi connectivity index (χ0v) is 14.6. The molecule has 0 saturated carbocycles. The number of carbonyl (C=O) groups is 2. The van der Waals surface area contributed by atoms with Gasteiger partial charge in [-0.2, -0.15) is 0 Å². The first-order valence-corrected chi connectivity index (χ1v) is 9.19. The second kappa shape index (κ2) is 7.73. The zero-order chi connectivity index (χ0) is 16.9. The van der Waals surface area contributed by atoms with Gasteiger partial charge < -0.3 is 10.2 Å². The third-order valence-corrected chi connectivity index (χ3v) is 5.31. The molecule has 0 bridgehead atoms. The fourth-order valence-corrected chi connectivity index (χ4v) is 3.96. The van der Waals surface area contributed by atoms with Crippen molar-refractivity contribution in [1.82, 2.24) is 10.2 Å². The summed E-state index contributed by atoms with van der Waals surface area (Å²) in [5.74, 6) is 0.377. The predicted molar refractivity (Wildman–Crippen MR) is 96.7 cm³/mol. The molecule has 2 heterocycles. The van der Waals surface area contributed by atoms with Crippen LogP contribution in [-0.2, 0) is 0 Å². The van der Waals surface area contributed by atoms with Crippen molar-refractivity contribution in [3.63, 3.8) is 0 Å². The number of nitrogens with zero attached hydrogens (tertiary/aromatic N) is 1. The van der Waals surface area contributed by atoms with Crippen LogP contribution in [0.2, 0.25) is 0 Å². The monoisotopic (exact) mass is 342 g/mol. The average molecular weight is 342 g/mol. The molecule has 1 aliphatic heterocycles. The molecular weight excluding hydrogens is 320 g/mol. The van der Waals surface area contributed by atoms with Crippen molar-refractivity contribution in [2.75, 3.05) is 26.7 Å². The van der Waals surface area contributed by atoms with E-state index in [2.05, 4.69) is 5.32 Å². The topological polar surface area (TPSA) is 49.4 Å². The maximum absolute atomic E-state index is 13.0. The largest absolute Gasteiger partial charge is 0.338 e. The van der Waals surface area contributed by atoms with Crippen LogP contribution in [0.5, 0.6) is 0 Å². The molecule has 1 atom stereocenters. The Labute approximate surface area is 146 Å². The summed E-state index contributed by atoms with van der Waals surface area (Å²) in [5, 5.41) is 5.07. The summed E-state index contributed by atoms with van der Waals surface area (Å²) in [7, 11) is 1.94. The molecule has 5 heteroatoms. The van der Waals surface area contributed by atoms with Crippen molar-refractivity contribution in [1.29, 1.82) is 0 Å². The highest BCUT2D eigenvalue weighted by atomic mass is 32.1. The minimum atomic E-state index is -0.0715. The molecule has 0 spiro atoms. The molecule has 1 fully saturated rings. The van der Waals surface area contributed by atoms with Gasteiger partial charge in [0.15, 0.2) is 0 Å². The molecule has 2 aromatic rings. The maximum atomic E-state index is 13.0. The van der Waals surface area contributed by atoms with Crippen LogP contribution < -0.4 is 5.32 Å². The van der Waals surface area contributed by atoms with E-state index in [1.165, 1.54) is 11.3 Å². The van der Waals surface area contributed by atoms with Crippen LogP contribution in [0.4, 0.5) is 0 Å². The first kappa shape index (κ1) is 16.9. The van der Waals surface area contributed by atoms with E-state index >= 15 is 0 Å². The van der Waals surface area contributed by atoms with Crippen molar-refractivity contribution in [3.05, 3.63) is 57.8 Å². The average Bonchev–Trinajstić information content (AvgIpc) is 3.16. The molecular formula is C19H22N2O2S. The van der Waals surface area contributed by atoms with E-state index in [4.69, 9.17) is 0 Å². The van der Waals surface area contributed by atoms with Gasteiger partial charge in [0.1, 0.15) is 0 Å². The maximum Gasteiger partial charge on any atom is 0.254 e. The third-order valence-electron chi connectivity index (χ3n) is 4.45. The summed E-state index contributed by atoms with van der Waals surface area (Å²) in [4.78, 5) is 28.3. The molecule has 1 aliphatic rings. The smallest absolute Gasteiger partial charge is 0.254 e. The second-order valence-electron chi connectivity index (χ2n) is 6.17. The minimum absolute atomic E-state index is 0.0312. The summed E-state index contributed by atoms with van der Waals surface area (Å²) in [5.41, 5.74) is 1.02. The van der Waals surface area contributed by atoms with Crippen molar-refractivity contribution in [2.24, 2.45) is 5.92 Å². The van der Waals surface area contributed by atoms with E-state index in [1.54, 1.807) is 18.2 Å². The molecule has 1 N–H and O–H groups in total. The van der Waals surface area contributed by atoms with Gasteiger partial charge in [-0.25, -0.2) is 0 Å². The fourth-order valence-electron chi connectivity index (χ4n) is 3.28. The van der Waals surface area contributed by atoms with Gasteiger partial charge in [-0.1, -0.05) is 24.3 Å². The van der Waals surface area contributed by atoms with Crippen LogP contribution in [0.3, 0.4) is 0 Å². The van der Waals surface area contributed by atoms with Crippen LogP contribution in [-0.4, -0.2) is 43.3 Å². The van der Waals surface area contributed by atoms with Crippen molar-refractivity contribution < 1.29 is 9.59 Å². The van der Waals surface area contributed by atoms with Gasteiger partial charge in [-0.3, -0.25) is 9.59 Å². The number of piperidine rings is 1. The lowest BCUT2D eigenvalue weighted by Crippen LogP contribution is -2.42. The Bertz CT molecular complexity index is 710. The molecule has 4 nitrogen and oxygen atoms in total. The first-order chi connectivity index (χ1) is 11.7. The van der Waals surface area contributed by atoms with E-state index in [0.29, 0.717) is 21.9 Å². The molecule has 24 heavy (non-hydrogen) atoms. The van der Waals surface area contributed by atoms with Crippen LogP contribution in [0.15, 0.2) is 41.8 Å². The van der Waals surface area contributed by atoms with E-state index in [0.717, 1.165) is 32.5 Å². The number of hydrogen-bond acceptors (Lipinski definition) is 4. The van der Waals surface area contributed by atoms with Gasteiger partial charge in [-0.15, -0.1) is 11.3 Å². The van der Waals surface area contributed by atoms with E-state index < -0.39 is 0 Å². The second-order valence-corrected chi connectivity index (χ2v) is 7.12. The normalized spacial score (nSPS) is 17.7. The summed E-state index contributed by atoms with van der Waals surface area (Å²) >= 11 is 1.41. The molecule has 1 aromatic carbocycles. The van der Waals surface area contributed by atoms with Gasteiger partial charge in [0, 0.05) is 18.7 Å². The van der Waals surface area contributed by atoms with E-state index in [9.17, 15) is 9.59 Å². The van der Waals surface area contributed by atoms with E-state index in [1.807, 2.05) is 35.5 Å². The number of amides is 1. The molecule has 1 amide bonds. The lowest BCUT2D eigenvalue weighted by molar-refractivity contribution is 0.0671. The molecule has 0 aliphatic carbocycles. The Morgan fingerprint density at radius 1 is 1.21 bits per heavy atom. The Kier molecular flexibility index (Phi) is 5.43. The highest BCUT2D eigenvalue weighted by Crippen LogP contribution is 2.22. The molecule has 1 unspecified atom stereocenters. The Morgan fingerprint density at radius 2 is 2.00 bits per heavy atom. The molecule has 0 radical (unpaired) electrons.